The van der Waals surface area contributed by atoms with Gasteiger partial charge in [0.25, 0.3) is 15.9 Å². The highest BCUT2D eigenvalue weighted by atomic mass is 32.2. The number of nitrogens with one attached hydrogen (secondary N) is 2. The molecule has 30 heavy (non-hydrogen) atoms. The van der Waals surface area contributed by atoms with E-state index in [1.165, 1.54) is 19.2 Å². The van der Waals surface area contributed by atoms with Gasteiger partial charge in [0.2, 0.25) is 0 Å². The second-order valence-corrected chi connectivity index (χ2v) is 8.44. The fourth-order valence-electron chi connectivity index (χ4n) is 2.87. The van der Waals surface area contributed by atoms with E-state index in [1.54, 1.807) is 49.5 Å². The van der Waals surface area contributed by atoms with E-state index in [9.17, 15) is 13.2 Å². The average molecular weight is 426 g/mol. The summed E-state index contributed by atoms with van der Waals surface area (Å²) in [5.74, 6) is 0.251. The number of ether oxygens (including phenoxy) is 1. The molecule has 0 fully saturated rings. The molecule has 0 saturated carbocycles. The van der Waals surface area contributed by atoms with Crippen LogP contribution in [0.2, 0.25) is 0 Å². The number of methoxy groups -OCH3 is 1. The Morgan fingerprint density at radius 2 is 1.80 bits per heavy atom. The number of carbonyl (C=O) groups excluding carboxylic acids is 1. The van der Waals surface area contributed by atoms with Gasteiger partial charge in [-0.15, -0.1) is 0 Å². The summed E-state index contributed by atoms with van der Waals surface area (Å²) in [5.41, 5.74) is 2.07. The van der Waals surface area contributed by atoms with Gasteiger partial charge in [-0.2, -0.15) is 0 Å². The number of hydrogen-bond donors (Lipinski definition) is 2. The molecule has 7 nitrogen and oxygen atoms in total. The van der Waals surface area contributed by atoms with Gasteiger partial charge in [-0.05, 0) is 67.9 Å². The van der Waals surface area contributed by atoms with Crippen LogP contribution in [0.3, 0.4) is 0 Å². The molecule has 8 heteroatoms. The summed E-state index contributed by atoms with van der Waals surface area (Å²) >= 11 is 0. The zero-order chi connectivity index (χ0) is 21.7. The number of amides is 1. The second kappa shape index (κ2) is 8.96. The maximum atomic E-state index is 12.8. The van der Waals surface area contributed by atoms with Crippen molar-refractivity contribution >= 4 is 21.6 Å². The van der Waals surface area contributed by atoms with E-state index in [2.05, 4.69) is 15.0 Å². The summed E-state index contributed by atoms with van der Waals surface area (Å²) in [7, 11) is -2.33. The molecule has 0 bridgehead atoms. The topological polar surface area (TPSA) is 97.4 Å². The summed E-state index contributed by atoms with van der Waals surface area (Å²) in [6.45, 7) is 3.58. The Bertz CT molecular complexity index is 1130. The van der Waals surface area contributed by atoms with E-state index in [-0.39, 0.29) is 22.4 Å². The van der Waals surface area contributed by atoms with Crippen molar-refractivity contribution in [1.29, 1.82) is 0 Å². The maximum absolute atomic E-state index is 12.8. The van der Waals surface area contributed by atoms with E-state index in [0.717, 1.165) is 0 Å². The molecule has 3 rings (SSSR count). The molecule has 0 aliphatic heterocycles. The first kappa shape index (κ1) is 21.3. The Morgan fingerprint density at radius 3 is 2.43 bits per heavy atom. The molecule has 0 radical (unpaired) electrons. The molecule has 1 atom stereocenters. The van der Waals surface area contributed by atoms with Gasteiger partial charge in [0, 0.05) is 17.4 Å². The fourth-order valence-corrected chi connectivity index (χ4v) is 3.95. The molecule has 1 amide bonds. The van der Waals surface area contributed by atoms with Crippen molar-refractivity contribution in [3.8, 4) is 5.75 Å². The number of aryl methyl sites for hydroxylation is 1. The lowest BCUT2D eigenvalue weighted by atomic mass is 10.1. The normalized spacial score (nSPS) is 12.1. The average Bonchev–Trinajstić information content (AvgIpc) is 2.74. The van der Waals surface area contributed by atoms with Crippen molar-refractivity contribution in [2.24, 2.45) is 0 Å². The van der Waals surface area contributed by atoms with Crippen LogP contribution in [0.1, 0.15) is 34.6 Å². The van der Waals surface area contributed by atoms with Gasteiger partial charge in [-0.25, -0.2) is 8.42 Å². The molecular formula is C22H23N3O4S. The van der Waals surface area contributed by atoms with E-state index < -0.39 is 10.0 Å². The molecular weight excluding hydrogens is 402 g/mol. The minimum atomic E-state index is -3.87. The zero-order valence-corrected chi connectivity index (χ0v) is 17.7. The smallest absolute Gasteiger partial charge is 0.261 e. The summed E-state index contributed by atoms with van der Waals surface area (Å²) < 4.78 is 33.2. The zero-order valence-electron chi connectivity index (χ0n) is 16.9. The maximum Gasteiger partial charge on any atom is 0.261 e. The Balaban J connectivity index is 1.81. The van der Waals surface area contributed by atoms with Crippen LogP contribution in [-0.2, 0) is 10.0 Å². The Kier molecular flexibility index (Phi) is 6.37. The van der Waals surface area contributed by atoms with Crippen LogP contribution in [0.4, 0.5) is 5.69 Å². The highest BCUT2D eigenvalue weighted by Gasteiger charge is 2.20. The molecule has 3 aromatic rings. The van der Waals surface area contributed by atoms with Crippen molar-refractivity contribution in [1.82, 2.24) is 10.3 Å². The molecule has 156 valence electrons. The lowest BCUT2D eigenvalue weighted by Crippen LogP contribution is -2.28. The summed E-state index contributed by atoms with van der Waals surface area (Å²) in [5, 5.41) is 2.86. The molecule has 1 heterocycles. The van der Waals surface area contributed by atoms with Crippen molar-refractivity contribution in [2.75, 3.05) is 11.8 Å². The Hall–Kier alpha value is -3.39. The number of rotatable bonds is 7. The third-order valence-electron chi connectivity index (χ3n) is 4.59. The molecule has 2 N–H and O–H groups in total. The predicted molar refractivity (Wildman–Crippen MR) is 115 cm³/mol. The molecule has 0 aliphatic carbocycles. The monoisotopic (exact) mass is 425 g/mol. The van der Waals surface area contributed by atoms with Gasteiger partial charge in [0.1, 0.15) is 5.75 Å². The third-order valence-corrected chi connectivity index (χ3v) is 5.96. The summed E-state index contributed by atoms with van der Waals surface area (Å²) in [6.07, 6.45) is 1.65. The quantitative estimate of drug-likeness (QED) is 0.602. The number of nitrogens with zero attached hydrogens (tertiary/aromatic N) is 1. The molecule has 0 unspecified atom stereocenters. The van der Waals surface area contributed by atoms with Crippen molar-refractivity contribution < 1.29 is 17.9 Å². The van der Waals surface area contributed by atoms with Crippen LogP contribution in [0.15, 0.2) is 71.8 Å². The third kappa shape index (κ3) is 4.96. The van der Waals surface area contributed by atoms with E-state index in [4.69, 9.17) is 4.74 Å². The number of carbonyl (C=O) groups is 1. The first-order valence-corrected chi connectivity index (χ1v) is 10.8. The number of benzene rings is 2. The number of pyridine rings is 1. The first-order valence-electron chi connectivity index (χ1n) is 9.29. The van der Waals surface area contributed by atoms with Gasteiger partial charge in [0.15, 0.2) is 0 Å². The van der Waals surface area contributed by atoms with Crippen LogP contribution < -0.4 is 14.8 Å². The molecule has 0 spiro atoms. The van der Waals surface area contributed by atoms with Crippen LogP contribution in [0, 0.1) is 6.92 Å². The number of sulfonamides is 1. The highest BCUT2D eigenvalue weighted by molar-refractivity contribution is 7.92. The number of aromatic nitrogens is 1. The highest BCUT2D eigenvalue weighted by Crippen LogP contribution is 2.22. The van der Waals surface area contributed by atoms with Crippen molar-refractivity contribution in [2.45, 2.75) is 24.8 Å². The van der Waals surface area contributed by atoms with E-state index in [1.807, 2.05) is 19.1 Å². The van der Waals surface area contributed by atoms with Crippen LogP contribution >= 0.6 is 0 Å². The van der Waals surface area contributed by atoms with Gasteiger partial charge in [-0.1, -0.05) is 12.1 Å². The van der Waals surface area contributed by atoms with Gasteiger partial charge in [-0.3, -0.25) is 14.5 Å². The lowest BCUT2D eigenvalue weighted by molar-refractivity contribution is 0.0938. The minimum absolute atomic E-state index is 0.000410. The predicted octanol–water partition coefficient (Wildman–Crippen LogP) is 3.69. The van der Waals surface area contributed by atoms with Crippen LogP contribution in [-0.4, -0.2) is 26.4 Å². The van der Waals surface area contributed by atoms with E-state index >= 15 is 0 Å². The fraction of sp³-hybridized carbons (Fsp3) is 0.182. The Morgan fingerprint density at radius 1 is 1.07 bits per heavy atom. The summed E-state index contributed by atoms with van der Waals surface area (Å²) in [4.78, 5) is 17.0. The minimum Gasteiger partial charge on any atom is -0.497 e. The van der Waals surface area contributed by atoms with E-state index in [0.29, 0.717) is 22.7 Å². The lowest BCUT2D eigenvalue weighted by Gasteiger charge is -2.15. The molecule has 0 saturated heterocycles. The number of hydrogen-bond acceptors (Lipinski definition) is 5. The molecule has 0 aliphatic rings. The Labute approximate surface area is 176 Å². The van der Waals surface area contributed by atoms with Crippen molar-refractivity contribution in [3.05, 3.63) is 83.7 Å². The van der Waals surface area contributed by atoms with Gasteiger partial charge in [0.05, 0.1) is 23.7 Å². The standard InChI is InChI=1S/C22H23N3O4S/c1-15-7-12-19(30(27,28)25-17-8-10-18(29-3)11-9-17)14-20(15)22(26)24-16(2)21-6-4-5-13-23-21/h4-14,16,25H,1-3H3,(H,24,26)/t16-/m1/s1. The van der Waals surface area contributed by atoms with Crippen LogP contribution in [0.5, 0.6) is 5.75 Å². The first-order chi connectivity index (χ1) is 14.3. The molecule has 2 aromatic carbocycles. The molecule has 1 aromatic heterocycles. The number of anilines is 1. The largest absolute Gasteiger partial charge is 0.497 e. The van der Waals surface area contributed by atoms with Gasteiger partial charge >= 0.3 is 0 Å². The summed E-state index contributed by atoms with van der Waals surface area (Å²) in [6, 6.07) is 16.1. The SMILES string of the molecule is COc1ccc(NS(=O)(=O)c2ccc(C)c(C(=O)N[C@H](C)c3ccccn3)c2)cc1. The van der Waals surface area contributed by atoms with Crippen molar-refractivity contribution in [3.63, 3.8) is 0 Å². The van der Waals surface area contributed by atoms with Crippen LogP contribution in [0.25, 0.3) is 0 Å². The second-order valence-electron chi connectivity index (χ2n) is 6.76. The van der Waals surface area contributed by atoms with Gasteiger partial charge < -0.3 is 10.1 Å².